The van der Waals surface area contributed by atoms with Crippen LogP contribution < -0.4 is 5.32 Å². The lowest BCUT2D eigenvalue weighted by atomic mass is 10.1. The summed E-state index contributed by atoms with van der Waals surface area (Å²) in [6, 6.07) is 25.2. The second kappa shape index (κ2) is 9.58. The molecule has 7 heteroatoms. The molecule has 4 aromatic rings. The third-order valence-corrected chi connectivity index (χ3v) is 4.60. The first-order chi connectivity index (χ1) is 14.8. The highest BCUT2D eigenvalue weighted by Crippen LogP contribution is 2.10. The quantitative estimate of drug-likeness (QED) is 0.492. The van der Waals surface area contributed by atoms with Crippen molar-refractivity contribution in [1.82, 2.24) is 25.5 Å². The molecule has 0 spiro atoms. The van der Waals surface area contributed by atoms with Gasteiger partial charge in [0, 0.05) is 12.1 Å². The smallest absolute Gasteiger partial charge is 0.251 e. The minimum atomic E-state index is -0.131. The van der Waals surface area contributed by atoms with Gasteiger partial charge in [-0.25, -0.2) is 4.68 Å². The van der Waals surface area contributed by atoms with Gasteiger partial charge in [-0.3, -0.25) is 4.79 Å². The van der Waals surface area contributed by atoms with Gasteiger partial charge in [-0.2, -0.15) is 0 Å². The summed E-state index contributed by atoms with van der Waals surface area (Å²) < 4.78 is 7.29. The predicted molar refractivity (Wildman–Crippen MR) is 112 cm³/mol. The Hall–Kier alpha value is -3.84. The predicted octanol–water partition coefficient (Wildman–Crippen LogP) is 3.31. The van der Waals surface area contributed by atoms with E-state index in [0.29, 0.717) is 25.3 Å². The fourth-order valence-corrected chi connectivity index (χ4v) is 2.94. The van der Waals surface area contributed by atoms with Crippen molar-refractivity contribution < 1.29 is 9.53 Å². The molecule has 0 fully saturated rings. The molecular formula is C23H21N5O2. The number of carbonyl (C=O) groups excluding carboxylic acids is 1. The van der Waals surface area contributed by atoms with Crippen LogP contribution in [0.15, 0.2) is 85.2 Å². The van der Waals surface area contributed by atoms with Crippen molar-refractivity contribution in [3.8, 4) is 5.69 Å². The number of ether oxygens (including phenoxy) is 1. The number of carbonyl (C=O) groups is 1. The van der Waals surface area contributed by atoms with Gasteiger partial charge in [0.2, 0.25) is 0 Å². The molecule has 1 aromatic heterocycles. The minimum absolute atomic E-state index is 0.131. The summed E-state index contributed by atoms with van der Waals surface area (Å²) in [5, 5.41) is 14.0. The summed E-state index contributed by atoms with van der Waals surface area (Å²) in [6.45, 7) is 1.60. The number of nitrogens with one attached hydrogen (secondary N) is 1. The zero-order valence-electron chi connectivity index (χ0n) is 16.3. The van der Waals surface area contributed by atoms with E-state index in [9.17, 15) is 4.79 Å². The lowest BCUT2D eigenvalue weighted by Crippen LogP contribution is -2.22. The summed E-state index contributed by atoms with van der Waals surface area (Å²) in [4.78, 5) is 12.4. The monoisotopic (exact) mass is 399 g/mol. The van der Waals surface area contributed by atoms with Gasteiger partial charge >= 0.3 is 0 Å². The lowest BCUT2D eigenvalue weighted by molar-refractivity contribution is 0.0951. The summed E-state index contributed by atoms with van der Waals surface area (Å²) in [6.07, 6.45) is 1.51. The number of hydrogen-bond donors (Lipinski definition) is 1. The standard InChI is InChI=1S/C23H21N5O2/c29-23(21-10-12-22(13-11-21)28-17-25-26-27-28)24-14-18-6-8-20(9-7-18)16-30-15-19-4-2-1-3-5-19/h1-13,17H,14-16H2,(H,24,29). The molecule has 3 aromatic carbocycles. The second-order valence-corrected chi connectivity index (χ2v) is 6.78. The maximum absolute atomic E-state index is 12.4. The van der Waals surface area contributed by atoms with Crippen LogP contribution in [0.2, 0.25) is 0 Å². The Morgan fingerprint density at radius 2 is 1.50 bits per heavy atom. The fraction of sp³-hybridized carbons (Fsp3) is 0.130. The van der Waals surface area contributed by atoms with Crippen molar-refractivity contribution in [2.75, 3.05) is 0 Å². The Balaban J connectivity index is 1.25. The summed E-state index contributed by atoms with van der Waals surface area (Å²) >= 11 is 0. The number of hydrogen-bond acceptors (Lipinski definition) is 5. The molecule has 1 amide bonds. The maximum atomic E-state index is 12.4. The maximum Gasteiger partial charge on any atom is 0.251 e. The number of tetrazole rings is 1. The molecule has 150 valence electrons. The molecule has 0 saturated carbocycles. The molecule has 0 aliphatic carbocycles. The van der Waals surface area contributed by atoms with Crippen LogP contribution in [0.3, 0.4) is 0 Å². The van der Waals surface area contributed by atoms with E-state index in [2.05, 4.69) is 20.8 Å². The topological polar surface area (TPSA) is 81.9 Å². The van der Waals surface area contributed by atoms with Crippen LogP contribution in [0.5, 0.6) is 0 Å². The molecular weight excluding hydrogens is 378 g/mol. The number of benzene rings is 3. The van der Waals surface area contributed by atoms with Gasteiger partial charge in [-0.1, -0.05) is 54.6 Å². The van der Waals surface area contributed by atoms with Crippen molar-refractivity contribution in [3.63, 3.8) is 0 Å². The Morgan fingerprint density at radius 1 is 0.833 bits per heavy atom. The van der Waals surface area contributed by atoms with E-state index in [1.165, 1.54) is 11.0 Å². The van der Waals surface area contributed by atoms with Gasteiger partial charge in [0.05, 0.1) is 18.9 Å². The Kier molecular flexibility index (Phi) is 6.22. The first kappa shape index (κ1) is 19.5. The van der Waals surface area contributed by atoms with Crippen LogP contribution in [0.25, 0.3) is 5.69 Å². The third-order valence-electron chi connectivity index (χ3n) is 4.60. The number of nitrogens with zero attached hydrogens (tertiary/aromatic N) is 4. The largest absolute Gasteiger partial charge is 0.372 e. The van der Waals surface area contributed by atoms with Gasteiger partial charge < -0.3 is 10.1 Å². The van der Waals surface area contributed by atoms with Crippen molar-refractivity contribution in [1.29, 1.82) is 0 Å². The van der Waals surface area contributed by atoms with E-state index >= 15 is 0 Å². The van der Waals surface area contributed by atoms with Crippen LogP contribution in [0.1, 0.15) is 27.0 Å². The SMILES string of the molecule is O=C(NCc1ccc(COCc2ccccc2)cc1)c1ccc(-n2cnnn2)cc1. The van der Waals surface area contributed by atoms with Crippen molar-refractivity contribution >= 4 is 5.91 Å². The highest BCUT2D eigenvalue weighted by atomic mass is 16.5. The third kappa shape index (κ3) is 5.15. The minimum Gasteiger partial charge on any atom is -0.372 e. The van der Waals surface area contributed by atoms with Crippen molar-refractivity contribution in [2.45, 2.75) is 19.8 Å². The molecule has 0 unspecified atom stereocenters. The van der Waals surface area contributed by atoms with Gasteiger partial charge in [0.15, 0.2) is 0 Å². The molecule has 30 heavy (non-hydrogen) atoms. The molecule has 0 aliphatic heterocycles. The second-order valence-electron chi connectivity index (χ2n) is 6.78. The van der Waals surface area contributed by atoms with Crippen LogP contribution in [0, 0.1) is 0 Å². The summed E-state index contributed by atoms with van der Waals surface area (Å²) in [5.41, 5.74) is 4.65. The first-order valence-corrected chi connectivity index (χ1v) is 9.59. The average Bonchev–Trinajstić information content (AvgIpc) is 3.34. The average molecular weight is 399 g/mol. The summed E-state index contributed by atoms with van der Waals surface area (Å²) in [7, 11) is 0. The van der Waals surface area contributed by atoms with E-state index in [4.69, 9.17) is 4.74 Å². The number of amides is 1. The van der Waals surface area contributed by atoms with Crippen molar-refractivity contribution in [2.24, 2.45) is 0 Å². The molecule has 0 atom stereocenters. The van der Waals surface area contributed by atoms with Crippen LogP contribution >= 0.6 is 0 Å². The van der Waals surface area contributed by atoms with E-state index in [-0.39, 0.29) is 5.91 Å². The fourth-order valence-electron chi connectivity index (χ4n) is 2.94. The Labute approximate surface area is 174 Å². The molecule has 1 N–H and O–H groups in total. The van der Waals surface area contributed by atoms with Crippen LogP contribution in [-0.4, -0.2) is 26.1 Å². The summed E-state index contributed by atoms with van der Waals surface area (Å²) in [5.74, 6) is -0.131. The highest BCUT2D eigenvalue weighted by Gasteiger charge is 2.06. The highest BCUT2D eigenvalue weighted by molar-refractivity contribution is 5.94. The van der Waals surface area contributed by atoms with E-state index in [1.54, 1.807) is 24.3 Å². The zero-order valence-corrected chi connectivity index (χ0v) is 16.3. The van der Waals surface area contributed by atoms with Gasteiger partial charge in [0.25, 0.3) is 5.91 Å². The molecule has 1 heterocycles. The van der Waals surface area contributed by atoms with E-state index in [1.807, 2.05) is 54.6 Å². The first-order valence-electron chi connectivity index (χ1n) is 9.59. The normalized spacial score (nSPS) is 10.7. The molecule has 7 nitrogen and oxygen atoms in total. The lowest BCUT2D eigenvalue weighted by Gasteiger charge is -2.08. The van der Waals surface area contributed by atoms with Crippen molar-refractivity contribution in [3.05, 3.63) is 107 Å². The van der Waals surface area contributed by atoms with Crippen LogP contribution in [-0.2, 0) is 24.5 Å². The molecule has 0 bridgehead atoms. The van der Waals surface area contributed by atoms with Gasteiger partial charge in [-0.05, 0) is 51.4 Å². The Morgan fingerprint density at radius 3 is 2.17 bits per heavy atom. The van der Waals surface area contributed by atoms with Crippen LogP contribution in [0.4, 0.5) is 0 Å². The molecule has 4 rings (SSSR count). The van der Waals surface area contributed by atoms with E-state index in [0.717, 1.165) is 22.4 Å². The zero-order chi connectivity index (χ0) is 20.6. The number of rotatable bonds is 8. The number of aromatic nitrogens is 4. The Bertz CT molecular complexity index is 1060. The van der Waals surface area contributed by atoms with E-state index < -0.39 is 0 Å². The molecule has 0 saturated heterocycles. The van der Waals surface area contributed by atoms with Gasteiger partial charge in [0.1, 0.15) is 6.33 Å². The molecule has 0 radical (unpaired) electrons. The van der Waals surface area contributed by atoms with Gasteiger partial charge in [-0.15, -0.1) is 5.10 Å². The molecule has 0 aliphatic rings.